The molecule has 0 unspecified atom stereocenters. The standard InChI is InChI=1S/C13H14ClNO2/c1-2-17-13(16)11-7-3-5-10(6-4-8-15)12(11)9-14/h3,5,7H,2,4,6,9H2,1H3. The molecule has 3 nitrogen and oxygen atoms in total. The molecular weight excluding hydrogens is 238 g/mol. The number of rotatable bonds is 5. The van der Waals surface area contributed by atoms with Crippen molar-refractivity contribution in [2.75, 3.05) is 6.61 Å². The number of nitriles is 1. The van der Waals surface area contributed by atoms with Crippen LogP contribution in [0, 0.1) is 11.3 Å². The minimum absolute atomic E-state index is 0.246. The predicted molar refractivity (Wildman–Crippen MR) is 65.9 cm³/mol. The van der Waals surface area contributed by atoms with Gasteiger partial charge in [-0.1, -0.05) is 12.1 Å². The third kappa shape index (κ3) is 3.47. The smallest absolute Gasteiger partial charge is 0.338 e. The molecule has 4 heteroatoms. The molecule has 0 saturated carbocycles. The van der Waals surface area contributed by atoms with E-state index < -0.39 is 0 Å². The van der Waals surface area contributed by atoms with Gasteiger partial charge in [-0.15, -0.1) is 11.6 Å². The summed E-state index contributed by atoms with van der Waals surface area (Å²) >= 11 is 5.87. The van der Waals surface area contributed by atoms with Gasteiger partial charge in [-0.3, -0.25) is 0 Å². The summed E-state index contributed by atoms with van der Waals surface area (Å²) in [5.74, 6) is -0.114. The van der Waals surface area contributed by atoms with Crippen LogP contribution in [0.1, 0.15) is 34.8 Å². The fourth-order valence-electron chi connectivity index (χ4n) is 1.62. The number of ether oxygens (including phenoxy) is 1. The molecule has 0 heterocycles. The molecule has 0 N–H and O–H groups in total. The van der Waals surface area contributed by atoms with Crippen LogP contribution in [-0.4, -0.2) is 12.6 Å². The van der Waals surface area contributed by atoms with Gasteiger partial charge in [0.1, 0.15) is 0 Å². The van der Waals surface area contributed by atoms with Crippen LogP contribution in [0.2, 0.25) is 0 Å². The number of aryl methyl sites for hydroxylation is 1. The SMILES string of the molecule is CCOC(=O)c1cccc(CCC#N)c1CCl. The molecule has 0 aliphatic rings. The molecule has 1 rings (SSSR count). The van der Waals surface area contributed by atoms with Gasteiger partial charge in [-0.25, -0.2) is 4.79 Å². The van der Waals surface area contributed by atoms with Crippen molar-refractivity contribution in [3.63, 3.8) is 0 Å². The third-order valence-electron chi connectivity index (χ3n) is 2.41. The molecule has 0 radical (unpaired) electrons. The predicted octanol–water partition coefficient (Wildman–Crippen LogP) is 3.06. The molecule has 0 saturated heterocycles. The quantitative estimate of drug-likeness (QED) is 0.597. The van der Waals surface area contributed by atoms with Crippen molar-refractivity contribution < 1.29 is 9.53 Å². The lowest BCUT2D eigenvalue weighted by Gasteiger charge is -2.10. The Kier molecular flexibility index (Phi) is 5.51. The Bertz CT molecular complexity index is 438. The maximum absolute atomic E-state index is 11.7. The van der Waals surface area contributed by atoms with Gasteiger partial charge in [0.2, 0.25) is 0 Å². The van der Waals surface area contributed by atoms with Crippen molar-refractivity contribution >= 4 is 17.6 Å². The van der Waals surface area contributed by atoms with E-state index in [-0.39, 0.29) is 11.8 Å². The van der Waals surface area contributed by atoms with Gasteiger partial charge in [-0.2, -0.15) is 5.26 Å². The number of benzene rings is 1. The van der Waals surface area contributed by atoms with Crippen molar-refractivity contribution in [2.45, 2.75) is 25.6 Å². The number of carbonyl (C=O) groups is 1. The lowest BCUT2D eigenvalue weighted by Crippen LogP contribution is -2.09. The largest absolute Gasteiger partial charge is 0.462 e. The Morgan fingerprint density at radius 3 is 2.88 bits per heavy atom. The zero-order valence-corrected chi connectivity index (χ0v) is 10.5. The summed E-state index contributed by atoms with van der Waals surface area (Å²) in [6.07, 6.45) is 1.02. The lowest BCUT2D eigenvalue weighted by atomic mass is 9.99. The Morgan fingerprint density at radius 1 is 1.53 bits per heavy atom. The molecule has 1 aromatic carbocycles. The van der Waals surface area contributed by atoms with Crippen LogP contribution >= 0.6 is 11.6 Å². The maximum Gasteiger partial charge on any atom is 0.338 e. The highest BCUT2D eigenvalue weighted by Gasteiger charge is 2.14. The van der Waals surface area contributed by atoms with Crippen molar-refractivity contribution in [1.29, 1.82) is 5.26 Å². The van der Waals surface area contributed by atoms with E-state index in [1.165, 1.54) is 0 Å². The maximum atomic E-state index is 11.7. The second-order valence-electron chi connectivity index (χ2n) is 3.46. The van der Waals surface area contributed by atoms with Gasteiger partial charge >= 0.3 is 5.97 Å². The van der Waals surface area contributed by atoms with Gasteiger partial charge in [0.15, 0.2) is 0 Å². The van der Waals surface area contributed by atoms with Crippen LogP contribution in [0.3, 0.4) is 0 Å². The first-order chi connectivity index (χ1) is 8.24. The summed E-state index contributed by atoms with van der Waals surface area (Å²) in [5.41, 5.74) is 2.20. The van der Waals surface area contributed by atoms with E-state index >= 15 is 0 Å². The Morgan fingerprint density at radius 2 is 2.29 bits per heavy atom. The van der Waals surface area contributed by atoms with E-state index in [9.17, 15) is 4.79 Å². The summed E-state index contributed by atoms with van der Waals surface area (Å²) in [6.45, 7) is 2.10. The average molecular weight is 252 g/mol. The Balaban J connectivity index is 3.05. The first-order valence-electron chi connectivity index (χ1n) is 5.45. The van der Waals surface area contributed by atoms with Crippen LogP contribution in [0.5, 0.6) is 0 Å². The van der Waals surface area contributed by atoms with Crippen molar-refractivity contribution in [3.8, 4) is 6.07 Å². The van der Waals surface area contributed by atoms with Crippen LogP contribution in [0.4, 0.5) is 0 Å². The molecule has 90 valence electrons. The van der Waals surface area contributed by atoms with Crippen molar-refractivity contribution in [2.24, 2.45) is 0 Å². The zero-order chi connectivity index (χ0) is 12.7. The molecular formula is C13H14ClNO2. The van der Waals surface area contributed by atoms with Crippen molar-refractivity contribution in [1.82, 2.24) is 0 Å². The molecule has 0 aliphatic heterocycles. The van der Waals surface area contributed by atoms with E-state index in [4.69, 9.17) is 21.6 Å². The molecule has 0 spiro atoms. The summed E-state index contributed by atoms with van der Waals surface area (Å²) in [4.78, 5) is 11.7. The third-order valence-corrected chi connectivity index (χ3v) is 2.68. The topological polar surface area (TPSA) is 50.1 Å². The van der Waals surface area contributed by atoms with Crippen LogP contribution in [0.15, 0.2) is 18.2 Å². The molecule has 17 heavy (non-hydrogen) atoms. The highest BCUT2D eigenvalue weighted by Crippen LogP contribution is 2.19. The molecule has 0 aliphatic carbocycles. The van der Waals surface area contributed by atoms with Crippen LogP contribution < -0.4 is 0 Å². The number of esters is 1. The monoisotopic (exact) mass is 251 g/mol. The molecule has 0 aromatic heterocycles. The average Bonchev–Trinajstić information content (AvgIpc) is 2.36. The molecule has 0 bridgehead atoms. The minimum Gasteiger partial charge on any atom is -0.462 e. The first kappa shape index (κ1) is 13.5. The summed E-state index contributed by atoms with van der Waals surface area (Å²) in [7, 11) is 0. The van der Waals surface area contributed by atoms with E-state index in [0.29, 0.717) is 25.0 Å². The fourth-order valence-corrected chi connectivity index (χ4v) is 1.93. The number of alkyl halides is 1. The second kappa shape index (κ2) is 6.93. The molecule has 1 aromatic rings. The zero-order valence-electron chi connectivity index (χ0n) is 9.70. The van der Waals surface area contributed by atoms with Gasteiger partial charge in [0.05, 0.1) is 18.2 Å². The Labute approximate surface area is 106 Å². The van der Waals surface area contributed by atoms with E-state index in [1.54, 1.807) is 19.1 Å². The van der Waals surface area contributed by atoms with Crippen LogP contribution in [0.25, 0.3) is 0 Å². The van der Waals surface area contributed by atoms with Gasteiger partial charge in [0.25, 0.3) is 0 Å². The number of halogens is 1. The van der Waals surface area contributed by atoms with Gasteiger partial charge in [-0.05, 0) is 30.5 Å². The summed E-state index contributed by atoms with van der Waals surface area (Å²) in [6, 6.07) is 7.46. The number of hydrogen-bond acceptors (Lipinski definition) is 3. The molecule has 0 atom stereocenters. The number of hydrogen-bond donors (Lipinski definition) is 0. The highest BCUT2D eigenvalue weighted by molar-refractivity contribution is 6.17. The summed E-state index contributed by atoms with van der Waals surface area (Å²) < 4.78 is 4.97. The van der Waals surface area contributed by atoms with Crippen molar-refractivity contribution in [3.05, 3.63) is 34.9 Å². The highest BCUT2D eigenvalue weighted by atomic mass is 35.5. The fraction of sp³-hybridized carbons (Fsp3) is 0.385. The lowest BCUT2D eigenvalue weighted by molar-refractivity contribution is 0.0525. The molecule has 0 amide bonds. The normalized spacial score (nSPS) is 9.71. The number of carbonyl (C=O) groups excluding carboxylic acids is 1. The first-order valence-corrected chi connectivity index (χ1v) is 5.98. The summed E-state index contributed by atoms with van der Waals surface area (Å²) in [5, 5.41) is 8.58. The minimum atomic E-state index is -0.359. The Hall–Kier alpha value is -1.53. The van der Waals surface area contributed by atoms with E-state index in [0.717, 1.165) is 11.1 Å². The van der Waals surface area contributed by atoms with Gasteiger partial charge < -0.3 is 4.74 Å². The van der Waals surface area contributed by atoms with Crippen LogP contribution in [-0.2, 0) is 17.0 Å². The number of nitrogens with zero attached hydrogens (tertiary/aromatic N) is 1. The van der Waals surface area contributed by atoms with E-state index in [1.807, 2.05) is 6.07 Å². The molecule has 0 fully saturated rings. The van der Waals surface area contributed by atoms with Gasteiger partial charge in [0, 0.05) is 12.3 Å². The second-order valence-corrected chi connectivity index (χ2v) is 3.72. The van der Waals surface area contributed by atoms with E-state index in [2.05, 4.69) is 6.07 Å².